The Hall–Kier alpha value is -3.08. The predicted octanol–water partition coefficient (Wildman–Crippen LogP) is 1.62. The van der Waals surface area contributed by atoms with Gasteiger partial charge in [0.05, 0.1) is 30.6 Å². The predicted molar refractivity (Wildman–Crippen MR) is 90.0 cm³/mol. The smallest absolute Gasteiger partial charge is 0.284 e. The number of H-pyrrole nitrogens is 1. The first kappa shape index (κ1) is 16.1. The second-order valence-corrected chi connectivity index (χ2v) is 6.55. The minimum Gasteiger partial charge on any atom is -0.374 e. The molecule has 0 aliphatic carbocycles. The number of morpholine rings is 1. The van der Waals surface area contributed by atoms with Crippen molar-refractivity contribution in [1.82, 2.24) is 24.8 Å². The van der Waals surface area contributed by atoms with Crippen LogP contribution in [-0.4, -0.2) is 56.0 Å². The van der Waals surface area contributed by atoms with Crippen LogP contribution in [0.25, 0.3) is 5.65 Å². The van der Waals surface area contributed by atoms with Crippen LogP contribution in [0, 0.1) is 0 Å². The average Bonchev–Trinajstić information content (AvgIpc) is 3.43. The van der Waals surface area contributed by atoms with Crippen LogP contribution in [0.1, 0.15) is 28.9 Å². The molecule has 2 fully saturated rings. The quantitative estimate of drug-likeness (QED) is 0.719. The van der Waals surface area contributed by atoms with Gasteiger partial charge in [-0.05, 0) is 12.5 Å². The topological polar surface area (TPSA) is 100 Å². The van der Waals surface area contributed by atoms with Gasteiger partial charge in [0.2, 0.25) is 0 Å². The Morgan fingerprint density at radius 2 is 2.33 bits per heavy atom. The van der Waals surface area contributed by atoms with Gasteiger partial charge in [0.25, 0.3) is 12.3 Å². The van der Waals surface area contributed by atoms with Gasteiger partial charge < -0.3 is 15.0 Å². The molecular formula is C16H15F2N7O2. The molecule has 3 aromatic heterocycles. The lowest BCUT2D eigenvalue weighted by molar-refractivity contribution is 0.0988. The van der Waals surface area contributed by atoms with Crippen LogP contribution in [0.5, 0.6) is 0 Å². The Balaban J connectivity index is 1.45. The third-order valence-corrected chi connectivity index (χ3v) is 4.92. The molecule has 0 radical (unpaired) electrons. The molecule has 2 saturated heterocycles. The number of halogens is 2. The number of anilines is 2. The number of amides is 1. The zero-order chi connectivity index (χ0) is 18.5. The number of rotatable bonds is 4. The Kier molecular flexibility index (Phi) is 3.57. The molecule has 5 heterocycles. The number of carbonyl (C=O) groups excluding carboxylic acids is 1. The van der Waals surface area contributed by atoms with Crippen molar-refractivity contribution < 1.29 is 18.3 Å². The summed E-state index contributed by atoms with van der Waals surface area (Å²) < 4.78 is 32.9. The minimum absolute atomic E-state index is 0.0699. The Labute approximate surface area is 151 Å². The van der Waals surface area contributed by atoms with E-state index in [1.165, 1.54) is 16.9 Å². The van der Waals surface area contributed by atoms with Crippen LogP contribution >= 0.6 is 0 Å². The van der Waals surface area contributed by atoms with Crippen molar-refractivity contribution in [2.24, 2.45) is 0 Å². The highest BCUT2D eigenvalue weighted by atomic mass is 19.3. The molecule has 0 aromatic carbocycles. The molecule has 1 amide bonds. The summed E-state index contributed by atoms with van der Waals surface area (Å²) in [5.74, 6) is 0.161. The van der Waals surface area contributed by atoms with Crippen molar-refractivity contribution in [3.05, 3.63) is 35.9 Å². The van der Waals surface area contributed by atoms with E-state index in [1.54, 1.807) is 6.20 Å². The standard InChI is InChI=1S/C16H15F2N7O2/c17-14(18)13-11(5-19-23-13)21-16(26)10-4-20-25-2-1-12(22-15(10)25)24-6-9-3-8(24)7-27-9/h1-2,4-5,8-9,14H,3,6-7H2,(H,19,23)(H,21,26)/t8-,9?/m1/s1. The first-order chi connectivity index (χ1) is 13.1. The van der Waals surface area contributed by atoms with Crippen LogP contribution in [0.2, 0.25) is 0 Å². The molecule has 0 spiro atoms. The first-order valence-corrected chi connectivity index (χ1v) is 8.46. The van der Waals surface area contributed by atoms with Gasteiger partial charge in [0.15, 0.2) is 11.3 Å². The van der Waals surface area contributed by atoms with Crippen molar-refractivity contribution in [3.63, 3.8) is 0 Å². The summed E-state index contributed by atoms with van der Waals surface area (Å²) in [5.41, 5.74) is -0.0317. The zero-order valence-corrected chi connectivity index (χ0v) is 14.0. The fourth-order valence-electron chi connectivity index (χ4n) is 3.62. The highest BCUT2D eigenvalue weighted by Crippen LogP contribution is 2.32. The monoisotopic (exact) mass is 375 g/mol. The van der Waals surface area contributed by atoms with Crippen molar-refractivity contribution in [3.8, 4) is 0 Å². The lowest BCUT2D eigenvalue weighted by Gasteiger charge is -2.27. The van der Waals surface area contributed by atoms with Crippen LogP contribution in [0.15, 0.2) is 24.7 Å². The maximum Gasteiger partial charge on any atom is 0.284 e. The SMILES string of the molecule is O=C(Nc1c[nH]nc1C(F)F)c1cnn2ccc(N3CC4C[C@@H]3CO4)nc12. The molecule has 5 rings (SSSR count). The highest BCUT2D eigenvalue weighted by molar-refractivity contribution is 6.08. The Morgan fingerprint density at radius 1 is 1.44 bits per heavy atom. The summed E-state index contributed by atoms with van der Waals surface area (Å²) in [4.78, 5) is 19.3. The largest absolute Gasteiger partial charge is 0.374 e. The summed E-state index contributed by atoms with van der Waals surface area (Å²) in [7, 11) is 0. The van der Waals surface area contributed by atoms with Crippen LogP contribution < -0.4 is 10.2 Å². The van der Waals surface area contributed by atoms with E-state index < -0.39 is 18.0 Å². The maximum absolute atomic E-state index is 12.9. The Bertz CT molecular complexity index is 1020. The number of aromatic amines is 1. The fourth-order valence-corrected chi connectivity index (χ4v) is 3.62. The molecule has 2 atom stereocenters. The van der Waals surface area contributed by atoms with E-state index >= 15 is 0 Å². The number of aromatic nitrogens is 5. The average molecular weight is 375 g/mol. The minimum atomic E-state index is -2.80. The second kappa shape index (κ2) is 5.98. The number of nitrogens with zero attached hydrogens (tertiary/aromatic N) is 5. The van der Waals surface area contributed by atoms with Crippen LogP contribution in [0.4, 0.5) is 20.3 Å². The molecular weight excluding hydrogens is 360 g/mol. The van der Waals surface area contributed by atoms with Crippen molar-refractivity contribution in [2.75, 3.05) is 23.4 Å². The van der Waals surface area contributed by atoms with E-state index in [1.807, 2.05) is 6.07 Å². The molecule has 27 heavy (non-hydrogen) atoms. The van der Waals surface area contributed by atoms with E-state index in [0.29, 0.717) is 12.3 Å². The van der Waals surface area contributed by atoms with Gasteiger partial charge in [-0.15, -0.1) is 0 Å². The third kappa shape index (κ3) is 2.62. The zero-order valence-electron chi connectivity index (χ0n) is 14.0. The number of ether oxygens (including phenoxy) is 1. The maximum atomic E-state index is 12.9. The van der Waals surface area contributed by atoms with Gasteiger partial charge in [0.1, 0.15) is 11.4 Å². The molecule has 11 heteroatoms. The molecule has 2 bridgehead atoms. The van der Waals surface area contributed by atoms with Crippen molar-refractivity contribution in [1.29, 1.82) is 0 Å². The van der Waals surface area contributed by atoms with E-state index in [-0.39, 0.29) is 23.4 Å². The summed E-state index contributed by atoms with van der Waals surface area (Å²) in [6.45, 7) is 1.43. The number of nitrogens with one attached hydrogen (secondary N) is 2. The van der Waals surface area contributed by atoms with Gasteiger partial charge in [0, 0.05) is 18.9 Å². The van der Waals surface area contributed by atoms with Crippen molar-refractivity contribution >= 4 is 23.1 Å². The van der Waals surface area contributed by atoms with Crippen LogP contribution in [0.3, 0.4) is 0 Å². The molecule has 2 aliphatic heterocycles. The van der Waals surface area contributed by atoms with Gasteiger partial charge in [-0.3, -0.25) is 9.89 Å². The van der Waals surface area contributed by atoms with E-state index in [9.17, 15) is 13.6 Å². The van der Waals surface area contributed by atoms with Gasteiger partial charge in [-0.1, -0.05) is 0 Å². The lowest BCUT2D eigenvalue weighted by atomic mass is 10.2. The van der Waals surface area contributed by atoms with Crippen molar-refractivity contribution in [2.45, 2.75) is 25.0 Å². The van der Waals surface area contributed by atoms with E-state index in [4.69, 9.17) is 4.74 Å². The summed E-state index contributed by atoms with van der Waals surface area (Å²) in [6, 6.07) is 2.12. The lowest BCUT2D eigenvalue weighted by Crippen LogP contribution is -2.37. The molecule has 140 valence electrons. The second-order valence-electron chi connectivity index (χ2n) is 6.55. The molecule has 2 aliphatic rings. The fraction of sp³-hybridized carbons (Fsp3) is 0.375. The third-order valence-electron chi connectivity index (χ3n) is 4.92. The molecule has 3 aromatic rings. The summed E-state index contributed by atoms with van der Waals surface area (Å²) >= 11 is 0. The summed E-state index contributed by atoms with van der Waals surface area (Å²) in [5, 5.41) is 12.3. The molecule has 9 nitrogen and oxygen atoms in total. The Morgan fingerprint density at radius 3 is 3.07 bits per heavy atom. The number of hydrogen-bond donors (Lipinski definition) is 2. The van der Waals surface area contributed by atoms with Crippen LogP contribution in [-0.2, 0) is 4.74 Å². The first-order valence-electron chi connectivity index (χ1n) is 8.46. The summed E-state index contributed by atoms with van der Waals surface area (Å²) in [6.07, 6.45) is 2.69. The van der Waals surface area contributed by atoms with Gasteiger partial charge in [-0.2, -0.15) is 10.2 Å². The number of carbonyl (C=O) groups is 1. The molecule has 2 N–H and O–H groups in total. The normalized spacial score (nSPS) is 21.5. The molecule has 0 saturated carbocycles. The van der Waals surface area contributed by atoms with E-state index in [0.717, 1.165) is 18.8 Å². The number of fused-ring (bicyclic) bond motifs is 3. The number of alkyl halides is 2. The van der Waals surface area contributed by atoms with Gasteiger partial charge in [-0.25, -0.2) is 18.3 Å². The van der Waals surface area contributed by atoms with Gasteiger partial charge >= 0.3 is 0 Å². The van der Waals surface area contributed by atoms with E-state index in [2.05, 4.69) is 30.5 Å². The molecule has 1 unspecified atom stereocenters. The number of hydrogen-bond acceptors (Lipinski definition) is 6. The highest BCUT2D eigenvalue weighted by Gasteiger charge is 2.39.